The first-order chi connectivity index (χ1) is 12.4. The van der Waals surface area contributed by atoms with E-state index < -0.39 is 18.6 Å². The number of carboxylic acid groups (broad SMARTS) is 1. The molecule has 2 rings (SSSR count). The number of carbonyl (C=O) groups is 2. The Kier molecular flexibility index (Phi) is 6.66. The summed E-state index contributed by atoms with van der Waals surface area (Å²) in [6, 6.07) is 11.8. The van der Waals surface area contributed by atoms with Crippen LogP contribution in [-0.2, 0) is 11.2 Å². The van der Waals surface area contributed by atoms with Gasteiger partial charge in [0.05, 0.1) is 18.0 Å². The van der Waals surface area contributed by atoms with Crippen molar-refractivity contribution in [1.29, 1.82) is 0 Å². The summed E-state index contributed by atoms with van der Waals surface area (Å²) in [4.78, 5) is 23.1. The van der Waals surface area contributed by atoms with Gasteiger partial charge in [0.25, 0.3) is 0 Å². The molecule has 0 heterocycles. The number of halogens is 2. The number of carbonyl (C=O) groups excluding carboxylic acids is 1. The molecule has 0 aliphatic carbocycles. The molecule has 0 fully saturated rings. The van der Waals surface area contributed by atoms with E-state index in [0.29, 0.717) is 17.5 Å². The van der Waals surface area contributed by atoms with Crippen LogP contribution >= 0.6 is 0 Å². The van der Waals surface area contributed by atoms with Gasteiger partial charge in [-0.25, -0.2) is 4.79 Å². The summed E-state index contributed by atoms with van der Waals surface area (Å²) < 4.78 is 29.6. The second-order valence-electron chi connectivity index (χ2n) is 5.62. The van der Waals surface area contributed by atoms with Gasteiger partial charge in [0, 0.05) is 5.56 Å². The van der Waals surface area contributed by atoms with Crippen molar-refractivity contribution in [3.8, 4) is 5.75 Å². The average Bonchev–Trinajstić information content (AvgIpc) is 2.60. The van der Waals surface area contributed by atoms with Gasteiger partial charge in [-0.3, -0.25) is 4.79 Å². The van der Waals surface area contributed by atoms with E-state index in [1.54, 1.807) is 30.3 Å². The number of aromatic carboxylic acids is 1. The van der Waals surface area contributed by atoms with E-state index in [9.17, 15) is 18.4 Å². The molecule has 26 heavy (non-hydrogen) atoms. The minimum atomic E-state index is -2.95. The standard InChI is InChI=1S/C19H19F2NO4/c1-2-15(14-5-3-4-6-16(14)26-19(20)21)22-17(23)11-12-7-9-13(10-8-12)18(24)25/h3-10,15,19H,2,11H2,1H3,(H,22,23)(H,24,25). The van der Waals surface area contributed by atoms with Gasteiger partial charge in [0.1, 0.15) is 5.75 Å². The first-order valence-corrected chi connectivity index (χ1v) is 8.06. The van der Waals surface area contributed by atoms with Crippen molar-refractivity contribution >= 4 is 11.9 Å². The van der Waals surface area contributed by atoms with E-state index >= 15 is 0 Å². The normalized spacial score (nSPS) is 11.8. The van der Waals surface area contributed by atoms with Crippen LogP contribution < -0.4 is 10.1 Å². The number of amides is 1. The molecule has 2 aromatic rings. The summed E-state index contributed by atoms with van der Waals surface area (Å²) in [5, 5.41) is 11.7. The third-order valence-corrected chi connectivity index (χ3v) is 3.82. The zero-order valence-electron chi connectivity index (χ0n) is 14.1. The zero-order chi connectivity index (χ0) is 19.1. The summed E-state index contributed by atoms with van der Waals surface area (Å²) in [6.07, 6.45) is 0.543. The van der Waals surface area contributed by atoms with Gasteiger partial charge < -0.3 is 15.2 Å². The van der Waals surface area contributed by atoms with Crippen molar-refractivity contribution in [3.63, 3.8) is 0 Å². The van der Waals surface area contributed by atoms with Crippen LogP contribution in [0.5, 0.6) is 5.75 Å². The number of para-hydroxylation sites is 1. The Morgan fingerprint density at radius 2 is 1.77 bits per heavy atom. The Bertz CT molecular complexity index is 762. The number of hydrogen-bond acceptors (Lipinski definition) is 3. The van der Waals surface area contributed by atoms with Crippen molar-refractivity contribution < 1.29 is 28.2 Å². The molecule has 0 saturated heterocycles. The maximum atomic E-state index is 12.6. The van der Waals surface area contributed by atoms with Crippen LogP contribution in [-0.4, -0.2) is 23.6 Å². The highest BCUT2D eigenvalue weighted by Gasteiger charge is 2.19. The highest BCUT2D eigenvalue weighted by molar-refractivity contribution is 5.87. The van der Waals surface area contributed by atoms with Crippen molar-refractivity contribution in [1.82, 2.24) is 5.32 Å². The van der Waals surface area contributed by atoms with Crippen LogP contribution in [0.15, 0.2) is 48.5 Å². The van der Waals surface area contributed by atoms with E-state index in [0.717, 1.165) is 0 Å². The Hall–Kier alpha value is -2.96. The number of benzene rings is 2. The fourth-order valence-electron chi connectivity index (χ4n) is 2.57. The van der Waals surface area contributed by atoms with E-state index in [-0.39, 0.29) is 23.6 Å². The highest BCUT2D eigenvalue weighted by atomic mass is 19.3. The fourth-order valence-corrected chi connectivity index (χ4v) is 2.57. The number of carboxylic acids is 1. The van der Waals surface area contributed by atoms with Gasteiger partial charge in [-0.05, 0) is 30.2 Å². The lowest BCUT2D eigenvalue weighted by molar-refractivity contribution is -0.121. The molecule has 0 radical (unpaired) electrons. The van der Waals surface area contributed by atoms with E-state index in [2.05, 4.69) is 10.1 Å². The molecule has 0 aromatic heterocycles. The molecular weight excluding hydrogens is 344 g/mol. The molecule has 0 saturated carbocycles. The van der Waals surface area contributed by atoms with Crippen molar-refractivity contribution in [2.45, 2.75) is 32.4 Å². The van der Waals surface area contributed by atoms with Crippen LogP contribution in [0.25, 0.3) is 0 Å². The summed E-state index contributed by atoms with van der Waals surface area (Å²) in [5.74, 6) is -1.31. The predicted molar refractivity (Wildman–Crippen MR) is 91.4 cm³/mol. The van der Waals surface area contributed by atoms with Gasteiger partial charge in [0.2, 0.25) is 5.91 Å². The summed E-state index contributed by atoms with van der Waals surface area (Å²) in [5.41, 5.74) is 1.27. The second kappa shape index (κ2) is 8.94. The molecule has 7 heteroatoms. The van der Waals surface area contributed by atoms with Crippen molar-refractivity contribution in [2.75, 3.05) is 0 Å². The molecule has 0 bridgehead atoms. The lowest BCUT2D eigenvalue weighted by Crippen LogP contribution is -2.30. The van der Waals surface area contributed by atoms with Gasteiger partial charge in [-0.1, -0.05) is 37.3 Å². The number of alkyl halides is 2. The van der Waals surface area contributed by atoms with Gasteiger partial charge in [-0.2, -0.15) is 8.78 Å². The first kappa shape index (κ1) is 19.4. The quantitative estimate of drug-likeness (QED) is 0.748. The largest absolute Gasteiger partial charge is 0.478 e. The molecular formula is C19H19F2NO4. The number of rotatable bonds is 8. The smallest absolute Gasteiger partial charge is 0.387 e. The number of hydrogen-bond donors (Lipinski definition) is 2. The number of ether oxygens (including phenoxy) is 1. The molecule has 1 atom stereocenters. The Morgan fingerprint density at radius 3 is 2.35 bits per heavy atom. The molecule has 5 nitrogen and oxygen atoms in total. The SMILES string of the molecule is CCC(NC(=O)Cc1ccc(C(=O)O)cc1)c1ccccc1OC(F)F. The van der Waals surface area contributed by atoms with E-state index in [1.165, 1.54) is 18.2 Å². The molecule has 2 N–H and O–H groups in total. The minimum Gasteiger partial charge on any atom is -0.478 e. The Balaban J connectivity index is 2.07. The average molecular weight is 363 g/mol. The second-order valence-corrected chi connectivity index (χ2v) is 5.62. The Morgan fingerprint density at radius 1 is 1.12 bits per heavy atom. The van der Waals surface area contributed by atoms with Crippen molar-refractivity contribution in [3.05, 3.63) is 65.2 Å². The summed E-state index contributed by atoms with van der Waals surface area (Å²) >= 11 is 0. The topological polar surface area (TPSA) is 75.6 Å². The Labute approximate surface area is 149 Å². The molecule has 1 amide bonds. The van der Waals surface area contributed by atoms with E-state index in [4.69, 9.17) is 5.11 Å². The summed E-state index contributed by atoms with van der Waals surface area (Å²) in [6.45, 7) is -1.12. The maximum absolute atomic E-state index is 12.6. The van der Waals surface area contributed by atoms with Gasteiger partial charge >= 0.3 is 12.6 Å². The predicted octanol–water partition coefficient (Wildman–Crippen LogP) is 3.80. The lowest BCUT2D eigenvalue weighted by Gasteiger charge is -2.20. The van der Waals surface area contributed by atoms with Crippen LogP contribution in [0.1, 0.15) is 40.9 Å². The van der Waals surface area contributed by atoms with Gasteiger partial charge in [0.15, 0.2) is 0 Å². The molecule has 0 spiro atoms. The van der Waals surface area contributed by atoms with Crippen LogP contribution in [0.3, 0.4) is 0 Å². The van der Waals surface area contributed by atoms with Crippen molar-refractivity contribution in [2.24, 2.45) is 0 Å². The molecule has 0 aliphatic heterocycles. The monoisotopic (exact) mass is 363 g/mol. The third-order valence-electron chi connectivity index (χ3n) is 3.82. The van der Waals surface area contributed by atoms with Crippen LogP contribution in [0, 0.1) is 0 Å². The molecule has 138 valence electrons. The number of nitrogens with one attached hydrogen (secondary N) is 1. The molecule has 0 aliphatic rings. The van der Waals surface area contributed by atoms with Crippen LogP contribution in [0.4, 0.5) is 8.78 Å². The lowest BCUT2D eigenvalue weighted by atomic mass is 10.0. The fraction of sp³-hybridized carbons (Fsp3) is 0.263. The van der Waals surface area contributed by atoms with E-state index in [1.807, 2.05) is 6.92 Å². The van der Waals surface area contributed by atoms with Gasteiger partial charge in [-0.15, -0.1) is 0 Å². The third kappa shape index (κ3) is 5.27. The first-order valence-electron chi connectivity index (χ1n) is 8.06. The van der Waals surface area contributed by atoms with Crippen LogP contribution in [0.2, 0.25) is 0 Å². The maximum Gasteiger partial charge on any atom is 0.387 e. The summed E-state index contributed by atoms with van der Waals surface area (Å²) in [7, 11) is 0. The molecule has 1 unspecified atom stereocenters. The zero-order valence-corrected chi connectivity index (χ0v) is 14.1. The highest BCUT2D eigenvalue weighted by Crippen LogP contribution is 2.28. The molecule has 2 aromatic carbocycles. The minimum absolute atomic E-state index is 0.0282.